The second-order valence-corrected chi connectivity index (χ2v) is 3.83. The minimum absolute atomic E-state index is 0.257. The van der Waals surface area contributed by atoms with E-state index in [1.807, 2.05) is 26.0 Å². The van der Waals surface area contributed by atoms with Gasteiger partial charge in [0.25, 0.3) is 0 Å². The molecule has 0 spiro atoms. The van der Waals surface area contributed by atoms with Crippen LogP contribution in [0.5, 0.6) is 11.5 Å². The van der Waals surface area contributed by atoms with E-state index in [9.17, 15) is 0 Å². The van der Waals surface area contributed by atoms with Crippen LogP contribution in [0.15, 0.2) is 36.5 Å². The normalized spacial score (nSPS) is 9.35. The summed E-state index contributed by atoms with van der Waals surface area (Å²) in [5.41, 5.74) is 2.78. The molecule has 0 bridgehead atoms. The average Bonchev–Trinajstić information content (AvgIpc) is 2.31. The smallest absolute Gasteiger partial charge is 0.136 e. The Labute approximate surface area is 101 Å². The van der Waals surface area contributed by atoms with Crippen molar-refractivity contribution in [3.8, 4) is 11.5 Å². The zero-order valence-electron chi connectivity index (χ0n) is 10.3. The van der Waals surface area contributed by atoms with Gasteiger partial charge in [0.1, 0.15) is 11.5 Å². The summed E-state index contributed by atoms with van der Waals surface area (Å²) in [6.07, 6.45) is 1.65. The van der Waals surface area contributed by atoms with E-state index >= 15 is 0 Å². The highest BCUT2D eigenvalue weighted by molar-refractivity contribution is 5.36. The summed E-state index contributed by atoms with van der Waals surface area (Å²) < 4.78 is 0. The zero-order valence-corrected chi connectivity index (χ0v) is 10.3. The minimum Gasteiger partial charge on any atom is -0.508 e. The first kappa shape index (κ1) is 13.0. The molecule has 1 aromatic carbocycles. The molecule has 0 aliphatic heterocycles. The van der Waals surface area contributed by atoms with Crippen molar-refractivity contribution in [2.75, 3.05) is 0 Å². The first-order chi connectivity index (χ1) is 8.02. The van der Waals surface area contributed by atoms with Crippen LogP contribution in [-0.4, -0.2) is 15.2 Å². The molecule has 2 aromatic rings. The van der Waals surface area contributed by atoms with E-state index in [4.69, 9.17) is 10.2 Å². The van der Waals surface area contributed by atoms with Gasteiger partial charge in [-0.25, -0.2) is 0 Å². The van der Waals surface area contributed by atoms with Crippen LogP contribution in [-0.2, 0) is 0 Å². The maximum atomic E-state index is 9.10. The van der Waals surface area contributed by atoms with Crippen LogP contribution in [0, 0.1) is 20.8 Å². The van der Waals surface area contributed by atoms with Gasteiger partial charge in [0.15, 0.2) is 0 Å². The topological polar surface area (TPSA) is 53.4 Å². The average molecular weight is 231 g/mol. The third-order valence-corrected chi connectivity index (χ3v) is 2.56. The Morgan fingerprint density at radius 2 is 1.53 bits per heavy atom. The highest BCUT2D eigenvalue weighted by Crippen LogP contribution is 2.17. The fourth-order valence-electron chi connectivity index (χ4n) is 1.21. The number of aromatic nitrogens is 1. The van der Waals surface area contributed by atoms with Gasteiger partial charge in [0.05, 0.1) is 5.69 Å². The molecule has 0 radical (unpaired) electrons. The first-order valence-electron chi connectivity index (χ1n) is 5.38. The predicted octanol–water partition coefficient (Wildman–Crippen LogP) is 3.10. The summed E-state index contributed by atoms with van der Waals surface area (Å²) in [4.78, 5) is 3.83. The van der Waals surface area contributed by atoms with E-state index in [1.54, 1.807) is 31.3 Å². The van der Waals surface area contributed by atoms with E-state index in [2.05, 4.69) is 4.98 Å². The molecular formula is C14H17NO2. The van der Waals surface area contributed by atoms with Gasteiger partial charge in [-0.2, -0.15) is 0 Å². The summed E-state index contributed by atoms with van der Waals surface area (Å²) in [5.74, 6) is 0.641. The molecule has 0 saturated heterocycles. The van der Waals surface area contributed by atoms with Crippen LogP contribution in [0.1, 0.15) is 16.8 Å². The van der Waals surface area contributed by atoms with Crippen LogP contribution in [0.4, 0.5) is 0 Å². The Bertz CT molecular complexity index is 454. The van der Waals surface area contributed by atoms with E-state index in [1.165, 1.54) is 0 Å². The van der Waals surface area contributed by atoms with Crippen LogP contribution >= 0.6 is 0 Å². The number of benzene rings is 1. The van der Waals surface area contributed by atoms with Crippen molar-refractivity contribution in [1.82, 2.24) is 4.98 Å². The fraction of sp³-hybridized carbons (Fsp3) is 0.214. The molecule has 0 saturated carbocycles. The molecule has 0 aliphatic carbocycles. The van der Waals surface area contributed by atoms with Gasteiger partial charge in [-0.3, -0.25) is 4.98 Å². The molecule has 0 atom stereocenters. The lowest BCUT2D eigenvalue weighted by molar-refractivity contribution is 0.467. The maximum absolute atomic E-state index is 9.10. The third kappa shape index (κ3) is 3.79. The Kier molecular flexibility index (Phi) is 4.52. The minimum atomic E-state index is 0.257. The van der Waals surface area contributed by atoms with Gasteiger partial charge in [0, 0.05) is 6.20 Å². The fourth-order valence-corrected chi connectivity index (χ4v) is 1.21. The lowest BCUT2D eigenvalue weighted by atomic mass is 10.1. The molecule has 1 heterocycles. The molecule has 2 rings (SSSR count). The lowest BCUT2D eigenvalue weighted by Crippen LogP contribution is -1.78. The lowest BCUT2D eigenvalue weighted by Gasteiger charge is -1.99. The molecule has 0 unspecified atom stereocenters. The van der Waals surface area contributed by atoms with Gasteiger partial charge in [-0.05, 0) is 50.1 Å². The SMILES string of the molecule is Cc1cccc(O)c1C.Cc1ncccc1O. The zero-order chi connectivity index (χ0) is 12.8. The first-order valence-corrected chi connectivity index (χ1v) is 5.38. The highest BCUT2D eigenvalue weighted by Gasteiger charge is 1.94. The van der Waals surface area contributed by atoms with Crippen molar-refractivity contribution in [3.63, 3.8) is 0 Å². The van der Waals surface area contributed by atoms with Gasteiger partial charge < -0.3 is 10.2 Å². The Hall–Kier alpha value is -2.03. The monoisotopic (exact) mass is 231 g/mol. The number of rotatable bonds is 0. The van der Waals surface area contributed by atoms with Gasteiger partial charge in [-0.1, -0.05) is 12.1 Å². The van der Waals surface area contributed by atoms with Crippen LogP contribution in [0.3, 0.4) is 0 Å². The number of phenols is 1. The molecule has 17 heavy (non-hydrogen) atoms. The number of pyridine rings is 1. The molecule has 90 valence electrons. The van der Waals surface area contributed by atoms with Crippen LogP contribution in [0.25, 0.3) is 0 Å². The highest BCUT2D eigenvalue weighted by atomic mass is 16.3. The summed E-state index contributed by atoms with van der Waals surface area (Å²) in [7, 11) is 0. The van der Waals surface area contributed by atoms with E-state index in [0.29, 0.717) is 11.4 Å². The molecule has 0 fully saturated rings. The summed E-state index contributed by atoms with van der Waals surface area (Å²) in [6.45, 7) is 5.65. The van der Waals surface area contributed by atoms with Crippen molar-refractivity contribution in [1.29, 1.82) is 0 Å². The second kappa shape index (κ2) is 5.89. The number of hydrogen-bond donors (Lipinski definition) is 2. The second-order valence-electron chi connectivity index (χ2n) is 3.83. The van der Waals surface area contributed by atoms with Crippen LogP contribution in [0.2, 0.25) is 0 Å². The summed E-state index contributed by atoms with van der Waals surface area (Å²) in [5, 5.41) is 18.0. The Morgan fingerprint density at radius 3 is 1.94 bits per heavy atom. The summed E-state index contributed by atoms with van der Waals surface area (Å²) in [6, 6.07) is 8.83. The number of phenolic OH excluding ortho intramolecular Hbond substituents is 1. The molecule has 2 N–H and O–H groups in total. The molecule has 0 aliphatic rings. The van der Waals surface area contributed by atoms with Gasteiger partial charge in [-0.15, -0.1) is 0 Å². The third-order valence-electron chi connectivity index (χ3n) is 2.56. The molecule has 1 aromatic heterocycles. The standard InChI is InChI=1S/C8H10O.C6H7NO/c1-6-4-3-5-8(9)7(6)2;1-5-6(8)3-2-4-7-5/h3-5,9H,1-2H3;2-4,8H,1H3. The van der Waals surface area contributed by atoms with Crippen molar-refractivity contribution in [2.24, 2.45) is 0 Å². The molecule has 3 nitrogen and oxygen atoms in total. The van der Waals surface area contributed by atoms with Crippen LogP contribution < -0.4 is 0 Å². The number of aryl methyl sites for hydroxylation is 2. The predicted molar refractivity (Wildman–Crippen MR) is 68.2 cm³/mol. The Morgan fingerprint density at radius 1 is 0.882 bits per heavy atom. The van der Waals surface area contributed by atoms with Crippen molar-refractivity contribution in [3.05, 3.63) is 53.3 Å². The van der Waals surface area contributed by atoms with Crippen molar-refractivity contribution >= 4 is 0 Å². The summed E-state index contributed by atoms with van der Waals surface area (Å²) >= 11 is 0. The van der Waals surface area contributed by atoms with Crippen molar-refractivity contribution < 1.29 is 10.2 Å². The molecule has 3 heteroatoms. The van der Waals surface area contributed by atoms with Crippen molar-refractivity contribution in [2.45, 2.75) is 20.8 Å². The molecular weight excluding hydrogens is 214 g/mol. The number of nitrogens with zero attached hydrogens (tertiary/aromatic N) is 1. The largest absolute Gasteiger partial charge is 0.508 e. The number of aromatic hydroxyl groups is 2. The van der Waals surface area contributed by atoms with E-state index < -0.39 is 0 Å². The van der Waals surface area contributed by atoms with E-state index in [-0.39, 0.29) is 5.75 Å². The molecule has 0 amide bonds. The quantitative estimate of drug-likeness (QED) is 0.732. The maximum Gasteiger partial charge on any atom is 0.136 e. The van der Waals surface area contributed by atoms with Gasteiger partial charge in [0.2, 0.25) is 0 Å². The number of hydrogen-bond acceptors (Lipinski definition) is 3. The van der Waals surface area contributed by atoms with E-state index in [0.717, 1.165) is 11.1 Å². The van der Waals surface area contributed by atoms with Gasteiger partial charge >= 0.3 is 0 Å². The Balaban J connectivity index is 0.000000171.